The van der Waals surface area contributed by atoms with Gasteiger partial charge in [-0.2, -0.15) is 0 Å². The van der Waals surface area contributed by atoms with E-state index in [1.54, 1.807) is 0 Å². The van der Waals surface area contributed by atoms with E-state index in [1.807, 2.05) is 24.3 Å². The fraction of sp³-hybridized carbons (Fsp3) is 0. The normalized spacial score (nSPS) is 11.4. The zero-order chi connectivity index (χ0) is 8.84. The highest BCUT2D eigenvalue weighted by atomic mass is 32.1. The molecule has 0 saturated heterocycles. The Morgan fingerprint density at radius 1 is 1.15 bits per heavy atom. The van der Waals surface area contributed by atoms with E-state index in [-0.39, 0.29) is 4.90 Å². The van der Waals surface area contributed by atoms with Crippen molar-refractivity contribution in [3.05, 3.63) is 29.2 Å². The van der Waals surface area contributed by atoms with Crippen molar-refractivity contribution in [2.75, 3.05) is 0 Å². The van der Waals surface area contributed by atoms with Gasteiger partial charge in [0.2, 0.25) is 11.3 Å². The van der Waals surface area contributed by atoms with Crippen molar-refractivity contribution in [2.45, 2.75) is 0 Å². The topological polar surface area (TPSA) is 42.1 Å². The molecule has 64 valence electrons. The molecule has 0 spiro atoms. The summed E-state index contributed by atoms with van der Waals surface area (Å²) in [6.45, 7) is 0. The molecule has 0 aliphatic heterocycles. The number of rotatable bonds is 0. The predicted molar refractivity (Wildman–Crippen MR) is 51.2 cm³/mol. The van der Waals surface area contributed by atoms with Crippen molar-refractivity contribution in [2.24, 2.45) is 0 Å². The highest BCUT2D eigenvalue weighted by molar-refractivity contribution is 7.71. The van der Waals surface area contributed by atoms with Crippen LogP contribution in [0, 0.1) is 4.90 Å². The van der Waals surface area contributed by atoms with Crippen molar-refractivity contribution >= 4 is 34.4 Å². The van der Waals surface area contributed by atoms with Gasteiger partial charge in [0.15, 0.2) is 0 Å². The van der Waals surface area contributed by atoms with Crippen molar-refractivity contribution in [3.63, 3.8) is 0 Å². The van der Waals surface area contributed by atoms with Gasteiger partial charge < -0.3 is 13.8 Å². The van der Waals surface area contributed by atoms with Gasteiger partial charge in [-0.15, -0.1) is 0 Å². The lowest BCUT2D eigenvalue weighted by Crippen LogP contribution is -1.64. The van der Waals surface area contributed by atoms with Gasteiger partial charge in [0.05, 0.1) is 5.52 Å². The van der Waals surface area contributed by atoms with E-state index in [9.17, 15) is 0 Å². The molecule has 13 heavy (non-hydrogen) atoms. The molecule has 1 N–H and O–H groups in total. The summed E-state index contributed by atoms with van der Waals surface area (Å²) >= 11 is 4.78. The summed E-state index contributed by atoms with van der Waals surface area (Å²) in [4.78, 5) is 3.23. The maximum absolute atomic E-state index is 5.24. The van der Waals surface area contributed by atoms with Crippen LogP contribution in [0.15, 0.2) is 33.1 Å². The summed E-state index contributed by atoms with van der Waals surface area (Å²) in [6.07, 6.45) is 0. The number of aromatic amines is 1. The van der Waals surface area contributed by atoms with Crippen LogP contribution in [0.3, 0.4) is 0 Å². The lowest BCUT2D eigenvalue weighted by molar-refractivity contribution is 0.441. The van der Waals surface area contributed by atoms with E-state index in [1.165, 1.54) is 0 Å². The highest BCUT2D eigenvalue weighted by Crippen LogP contribution is 2.26. The van der Waals surface area contributed by atoms with Crippen LogP contribution in [0.25, 0.3) is 22.2 Å². The third-order valence-electron chi connectivity index (χ3n) is 2.00. The molecule has 0 saturated carbocycles. The first-order chi connectivity index (χ1) is 6.34. The van der Waals surface area contributed by atoms with Gasteiger partial charge in [-0.25, -0.2) is 0 Å². The molecule has 0 fully saturated rings. The molecule has 0 radical (unpaired) electrons. The monoisotopic (exact) mass is 191 g/mol. The first-order valence-corrected chi connectivity index (χ1v) is 4.26. The second-order valence-electron chi connectivity index (χ2n) is 2.78. The fourth-order valence-corrected chi connectivity index (χ4v) is 1.62. The van der Waals surface area contributed by atoms with Gasteiger partial charge in [0, 0.05) is 17.6 Å². The maximum Gasteiger partial charge on any atom is 0.365 e. The third-order valence-corrected chi connectivity index (χ3v) is 2.16. The molecule has 2 aromatic heterocycles. The maximum atomic E-state index is 5.24. The Labute approximate surface area is 78.0 Å². The third kappa shape index (κ3) is 0.860. The molecule has 3 aromatic rings. The highest BCUT2D eigenvalue weighted by Gasteiger charge is 2.08. The molecular weight excluding hydrogens is 186 g/mol. The minimum atomic E-state index is 0.159. The number of para-hydroxylation sites is 1. The van der Waals surface area contributed by atoms with Crippen molar-refractivity contribution in [1.29, 1.82) is 0 Å². The lowest BCUT2D eigenvalue weighted by Gasteiger charge is -1.84. The molecular formula is C9H5NO2S. The van der Waals surface area contributed by atoms with Crippen LogP contribution in [0.5, 0.6) is 0 Å². The smallest absolute Gasteiger partial charge is 0.365 e. The summed E-state index contributed by atoms with van der Waals surface area (Å²) < 4.78 is 10.4. The Balaban J connectivity index is 2.67. The van der Waals surface area contributed by atoms with Crippen molar-refractivity contribution in [1.82, 2.24) is 4.98 Å². The van der Waals surface area contributed by atoms with Crippen LogP contribution in [0.4, 0.5) is 0 Å². The van der Waals surface area contributed by atoms with Crippen molar-refractivity contribution in [3.8, 4) is 0 Å². The van der Waals surface area contributed by atoms with Crippen LogP contribution >= 0.6 is 12.2 Å². The Morgan fingerprint density at radius 2 is 2.00 bits per heavy atom. The van der Waals surface area contributed by atoms with E-state index < -0.39 is 0 Å². The summed E-state index contributed by atoms with van der Waals surface area (Å²) in [5.74, 6) is 0. The van der Waals surface area contributed by atoms with Gasteiger partial charge in [0.1, 0.15) is 0 Å². The van der Waals surface area contributed by atoms with Crippen LogP contribution in [0.1, 0.15) is 0 Å². The average molecular weight is 191 g/mol. The number of hydrogen-bond acceptors (Lipinski definition) is 3. The molecule has 0 amide bonds. The molecule has 4 heteroatoms. The Bertz CT molecular complexity index is 631. The summed E-state index contributed by atoms with van der Waals surface area (Å²) in [5.41, 5.74) is 2.29. The summed E-state index contributed by atoms with van der Waals surface area (Å²) in [6, 6.07) is 7.82. The van der Waals surface area contributed by atoms with Gasteiger partial charge in [-0.1, -0.05) is 12.1 Å². The molecule has 0 atom stereocenters. The number of benzene rings is 1. The predicted octanol–water partition coefficient (Wildman–Crippen LogP) is 3.24. The molecule has 0 bridgehead atoms. The Hall–Kier alpha value is -1.55. The number of nitrogens with one attached hydrogen (secondary N) is 1. The fourth-order valence-electron chi connectivity index (χ4n) is 1.45. The van der Waals surface area contributed by atoms with E-state index in [2.05, 4.69) is 4.98 Å². The van der Waals surface area contributed by atoms with E-state index in [0.29, 0.717) is 11.3 Å². The van der Waals surface area contributed by atoms with Crippen molar-refractivity contribution < 1.29 is 8.83 Å². The van der Waals surface area contributed by atoms with E-state index in [0.717, 1.165) is 10.9 Å². The number of fused-ring (bicyclic) bond motifs is 3. The Kier molecular flexibility index (Phi) is 1.19. The first kappa shape index (κ1) is 6.91. The lowest BCUT2D eigenvalue weighted by atomic mass is 10.2. The van der Waals surface area contributed by atoms with Crippen LogP contribution in [0.2, 0.25) is 0 Å². The second kappa shape index (κ2) is 2.23. The quantitative estimate of drug-likeness (QED) is 0.554. The first-order valence-electron chi connectivity index (χ1n) is 3.85. The van der Waals surface area contributed by atoms with Gasteiger partial charge in [-0.3, -0.25) is 0 Å². The Morgan fingerprint density at radius 3 is 2.92 bits per heavy atom. The molecule has 0 unspecified atom stereocenters. The molecule has 2 heterocycles. The van der Waals surface area contributed by atoms with Crippen LogP contribution < -0.4 is 0 Å². The zero-order valence-corrected chi connectivity index (χ0v) is 7.35. The SMILES string of the molecule is S=c1oc2[nH]c3ccccc3c2o1. The molecule has 0 aliphatic rings. The number of aromatic nitrogens is 1. The van der Waals surface area contributed by atoms with E-state index >= 15 is 0 Å². The average Bonchev–Trinajstić information content (AvgIpc) is 2.60. The number of hydrogen-bond donors (Lipinski definition) is 1. The zero-order valence-electron chi connectivity index (χ0n) is 6.53. The minimum Gasteiger partial charge on any atom is -0.411 e. The second-order valence-corrected chi connectivity index (χ2v) is 3.12. The molecule has 1 aromatic carbocycles. The largest absolute Gasteiger partial charge is 0.411 e. The summed E-state index contributed by atoms with van der Waals surface area (Å²) in [7, 11) is 0. The van der Waals surface area contributed by atoms with Gasteiger partial charge >= 0.3 is 4.90 Å². The van der Waals surface area contributed by atoms with Crippen LogP contribution in [-0.2, 0) is 0 Å². The van der Waals surface area contributed by atoms with E-state index in [4.69, 9.17) is 21.1 Å². The molecule has 0 aliphatic carbocycles. The molecule has 3 rings (SSSR count). The van der Waals surface area contributed by atoms with Crippen LogP contribution in [-0.4, -0.2) is 4.98 Å². The minimum absolute atomic E-state index is 0.159. The van der Waals surface area contributed by atoms with Gasteiger partial charge in [0.25, 0.3) is 0 Å². The number of H-pyrrole nitrogens is 1. The van der Waals surface area contributed by atoms with Gasteiger partial charge in [-0.05, 0) is 12.1 Å². The molecule has 3 nitrogen and oxygen atoms in total. The standard InChI is InChI=1S/C9H5NO2S/c13-9-11-7-5-3-1-2-4-6(5)10-8(7)12-9/h1-4,10H. The summed E-state index contributed by atoms with van der Waals surface area (Å²) in [5, 5.41) is 0.998.